The number of aryl methyl sites for hydroxylation is 4. The number of anilines is 1. The van der Waals surface area contributed by atoms with E-state index in [4.69, 9.17) is 9.47 Å². The number of amides is 1. The zero-order valence-corrected chi connectivity index (χ0v) is 15.8. The number of hydrogen-bond acceptors (Lipinski definition) is 5. The van der Waals surface area contributed by atoms with Crippen LogP contribution in [-0.4, -0.2) is 34.9 Å². The molecule has 1 amide bonds. The Hall–Kier alpha value is -3.09. The number of methoxy groups -OCH3 is 2. The van der Waals surface area contributed by atoms with Crippen LogP contribution in [0.3, 0.4) is 0 Å². The topological polar surface area (TPSA) is 78.3 Å². The molecule has 0 aliphatic carbocycles. The van der Waals surface area contributed by atoms with Crippen LogP contribution < -0.4 is 14.8 Å². The summed E-state index contributed by atoms with van der Waals surface area (Å²) in [6.45, 7) is 5.64. The van der Waals surface area contributed by atoms with Crippen molar-refractivity contribution in [3.8, 4) is 11.5 Å². The molecular weight excluding hydrogens is 332 g/mol. The summed E-state index contributed by atoms with van der Waals surface area (Å²) < 4.78 is 12.3. The van der Waals surface area contributed by atoms with Crippen molar-refractivity contribution in [1.82, 2.24) is 14.8 Å². The highest BCUT2D eigenvalue weighted by Crippen LogP contribution is 2.33. The second kappa shape index (κ2) is 6.67. The Morgan fingerprint density at radius 1 is 1.08 bits per heavy atom. The summed E-state index contributed by atoms with van der Waals surface area (Å²) in [6.07, 6.45) is 0. The van der Waals surface area contributed by atoms with Gasteiger partial charge in [0, 0.05) is 24.5 Å². The first-order chi connectivity index (χ1) is 12.3. The average Bonchev–Trinajstić information content (AvgIpc) is 2.89. The van der Waals surface area contributed by atoms with Gasteiger partial charge in [0.1, 0.15) is 0 Å². The number of ether oxygens (including phenoxy) is 2. The molecule has 3 aromatic rings. The van der Waals surface area contributed by atoms with Gasteiger partial charge in [-0.25, -0.2) is 4.98 Å². The summed E-state index contributed by atoms with van der Waals surface area (Å²) in [5.74, 6) is 0.960. The highest BCUT2D eigenvalue weighted by atomic mass is 16.5. The number of carbonyl (C=O) groups is 1. The van der Waals surface area contributed by atoms with Gasteiger partial charge in [0.25, 0.3) is 5.91 Å². The third-order valence-corrected chi connectivity index (χ3v) is 4.32. The van der Waals surface area contributed by atoms with Crippen LogP contribution in [0.4, 0.5) is 5.69 Å². The molecule has 136 valence electrons. The van der Waals surface area contributed by atoms with Gasteiger partial charge in [0.2, 0.25) is 0 Å². The molecule has 2 heterocycles. The molecule has 0 saturated carbocycles. The van der Waals surface area contributed by atoms with Crippen molar-refractivity contribution in [2.75, 3.05) is 19.5 Å². The Bertz CT molecular complexity index is 1010. The molecule has 3 rings (SSSR count). The summed E-state index contributed by atoms with van der Waals surface area (Å²) in [4.78, 5) is 17.5. The van der Waals surface area contributed by atoms with Crippen LogP contribution in [-0.2, 0) is 7.05 Å². The van der Waals surface area contributed by atoms with Gasteiger partial charge < -0.3 is 14.8 Å². The van der Waals surface area contributed by atoms with Crippen molar-refractivity contribution in [2.45, 2.75) is 20.8 Å². The van der Waals surface area contributed by atoms with Crippen molar-refractivity contribution < 1.29 is 14.3 Å². The molecule has 0 saturated heterocycles. The van der Waals surface area contributed by atoms with Crippen molar-refractivity contribution in [1.29, 1.82) is 0 Å². The number of rotatable bonds is 4. The predicted octanol–water partition coefficient (Wildman–Crippen LogP) is 3.16. The number of hydrogen-bond donors (Lipinski definition) is 1. The van der Waals surface area contributed by atoms with Crippen molar-refractivity contribution in [3.05, 3.63) is 40.7 Å². The number of aromatic nitrogens is 3. The SMILES string of the molecule is COc1cc(C)c(NC(=O)c2cc(C)nc3c2c(C)nn3C)cc1OC. The van der Waals surface area contributed by atoms with Crippen LogP contribution in [0.25, 0.3) is 11.0 Å². The molecule has 0 atom stereocenters. The molecule has 7 nitrogen and oxygen atoms in total. The first kappa shape index (κ1) is 17.7. The van der Waals surface area contributed by atoms with Crippen LogP contribution in [0.15, 0.2) is 18.2 Å². The van der Waals surface area contributed by atoms with Crippen molar-refractivity contribution >= 4 is 22.6 Å². The molecular formula is C19H22N4O3. The van der Waals surface area contributed by atoms with Crippen molar-refractivity contribution in [2.24, 2.45) is 7.05 Å². The van der Waals surface area contributed by atoms with Crippen LogP contribution in [0, 0.1) is 20.8 Å². The minimum absolute atomic E-state index is 0.216. The summed E-state index contributed by atoms with van der Waals surface area (Å²) >= 11 is 0. The number of fused-ring (bicyclic) bond motifs is 1. The first-order valence-electron chi connectivity index (χ1n) is 8.20. The van der Waals surface area contributed by atoms with Gasteiger partial charge in [-0.05, 0) is 38.5 Å². The van der Waals surface area contributed by atoms with E-state index in [1.807, 2.05) is 33.9 Å². The molecule has 7 heteroatoms. The molecule has 0 unspecified atom stereocenters. The Labute approximate surface area is 151 Å². The molecule has 1 aromatic carbocycles. The summed E-state index contributed by atoms with van der Waals surface area (Å²) in [5.41, 5.74) is 4.31. The number of nitrogens with zero attached hydrogens (tertiary/aromatic N) is 3. The first-order valence-corrected chi connectivity index (χ1v) is 8.20. The number of pyridine rings is 1. The van der Waals surface area contributed by atoms with Crippen LogP contribution in [0.2, 0.25) is 0 Å². The second-order valence-electron chi connectivity index (χ2n) is 6.20. The largest absolute Gasteiger partial charge is 0.493 e. The highest BCUT2D eigenvalue weighted by molar-refractivity contribution is 6.13. The van der Waals surface area contributed by atoms with Crippen LogP contribution >= 0.6 is 0 Å². The van der Waals surface area contributed by atoms with Gasteiger partial charge >= 0.3 is 0 Å². The van der Waals surface area contributed by atoms with Gasteiger partial charge in [0.15, 0.2) is 17.1 Å². The molecule has 0 fully saturated rings. The average molecular weight is 354 g/mol. The maximum absolute atomic E-state index is 13.0. The number of carbonyl (C=O) groups excluding carboxylic acids is 1. The zero-order chi connectivity index (χ0) is 19.0. The standard InChI is InChI=1S/C19H22N4O3/c1-10-7-15(25-5)16(26-6)9-14(10)21-19(24)13-8-11(2)20-18-17(13)12(3)22-23(18)4/h7-9H,1-6H3,(H,21,24). The smallest absolute Gasteiger partial charge is 0.256 e. The minimum atomic E-state index is -0.216. The monoisotopic (exact) mass is 354 g/mol. The fraction of sp³-hybridized carbons (Fsp3) is 0.316. The zero-order valence-electron chi connectivity index (χ0n) is 15.8. The van der Waals surface area contributed by atoms with Gasteiger partial charge in [-0.2, -0.15) is 5.10 Å². The van der Waals surface area contributed by atoms with Crippen LogP contribution in [0.5, 0.6) is 11.5 Å². The minimum Gasteiger partial charge on any atom is -0.493 e. The molecule has 0 spiro atoms. The molecule has 26 heavy (non-hydrogen) atoms. The van der Waals surface area contributed by atoms with Crippen molar-refractivity contribution in [3.63, 3.8) is 0 Å². The van der Waals surface area contributed by atoms with Gasteiger partial charge in [0.05, 0.1) is 30.9 Å². The molecule has 0 aliphatic heterocycles. The number of nitrogens with one attached hydrogen (secondary N) is 1. The van der Waals surface area contributed by atoms with E-state index in [0.29, 0.717) is 28.4 Å². The lowest BCUT2D eigenvalue weighted by Gasteiger charge is -2.14. The predicted molar refractivity (Wildman–Crippen MR) is 100 cm³/mol. The fourth-order valence-electron chi connectivity index (χ4n) is 3.05. The lowest BCUT2D eigenvalue weighted by molar-refractivity contribution is 0.102. The van der Waals surface area contributed by atoms with Gasteiger partial charge in [-0.3, -0.25) is 9.48 Å². The van der Waals surface area contributed by atoms with Gasteiger partial charge in [-0.1, -0.05) is 0 Å². The van der Waals surface area contributed by atoms with Gasteiger partial charge in [-0.15, -0.1) is 0 Å². The third-order valence-electron chi connectivity index (χ3n) is 4.32. The van der Waals surface area contributed by atoms with E-state index in [1.165, 1.54) is 0 Å². The molecule has 0 aliphatic rings. The summed E-state index contributed by atoms with van der Waals surface area (Å²) in [7, 11) is 4.96. The second-order valence-corrected chi connectivity index (χ2v) is 6.20. The van der Waals surface area contributed by atoms with E-state index in [2.05, 4.69) is 15.4 Å². The normalized spacial score (nSPS) is 10.8. The maximum atomic E-state index is 13.0. The quantitative estimate of drug-likeness (QED) is 0.779. The van der Waals surface area contributed by atoms with E-state index < -0.39 is 0 Å². The Morgan fingerprint density at radius 2 is 1.73 bits per heavy atom. The highest BCUT2D eigenvalue weighted by Gasteiger charge is 2.19. The van der Waals surface area contributed by atoms with E-state index in [0.717, 1.165) is 22.3 Å². The van der Waals surface area contributed by atoms with E-state index in [9.17, 15) is 4.79 Å². The number of benzene rings is 1. The summed E-state index contributed by atoms with van der Waals surface area (Å²) in [5, 5.41) is 8.11. The Morgan fingerprint density at radius 3 is 2.38 bits per heavy atom. The maximum Gasteiger partial charge on any atom is 0.256 e. The summed E-state index contributed by atoms with van der Waals surface area (Å²) in [6, 6.07) is 5.37. The Kier molecular flexibility index (Phi) is 4.54. The van der Waals surface area contributed by atoms with E-state index in [1.54, 1.807) is 31.0 Å². The molecule has 0 radical (unpaired) electrons. The van der Waals surface area contributed by atoms with Crippen LogP contribution in [0.1, 0.15) is 27.3 Å². The fourth-order valence-corrected chi connectivity index (χ4v) is 3.05. The van der Waals surface area contributed by atoms with E-state index in [-0.39, 0.29) is 5.91 Å². The van der Waals surface area contributed by atoms with E-state index >= 15 is 0 Å². The Balaban J connectivity index is 2.05. The molecule has 1 N–H and O–H groups in total. The molecule has 0 bridgehead atoms. The molecule has 2 aromatic heterocycles. The lowest BCUT2D eigenvalue weighted by Crippen LogP contribution is -2.14. The third kappa shape index (κ3) is 2.96. The lowest BCUT2D eigenvalue weighted by atomic mass is 10.1.